The summed E-state index contributed by atoms with van der Waals surface area (Å²) in [5, 5.41) is 0. The predicted molar refractivity (Wildman–Crippen MR) is 105 cm³/mol. The molecule has 0 amide bonds. The molecule has 0 aliphatic carbocycles. The maximum Gasteiger partial charge on any atom is 0.387 e. The fraction of sp³-hybridized carbons (Fsp3) is 0.333. The Balaban J connectivity index is 2.04. The molecule has 2 aromatic rings. The molecular formula is C21H24F2N2O3. The maximum absolute atomic E-state index is 12.4. The first kappa shape index (κ1) is 21.3. The summed E-state index contributed by atoms with van der Waals surface area (Å²) in [6.45, 7) is 3.76. The zero-order chi connectivity index (χ0) is 20.7. The molecule has 0 fully saturated rings. The predicted octanol–water partition coefficient (Wildman–Crippen LogP) is 4.87. The molecule has 0 saturated carbocycles. The maximum atomic E-state index is 12.4. The molecular weight excluding hydrogens is 366 g/mol. The Morgan fingerprint density at radius 1 is 1.18 bits per heavy atom. The van der Waals surface area contributed by atoms with Gasteiger partial charge in [0.05, 0.1) is 17.6 Å². The summed E-state index contributed by atoms with van der Waals surface area (Å²) >= 11 is 0. The van der Waals surface area contributed by atoms with Gasteiger partial charge >= 0.3 is 12.6 Å². The number of ether oxygens (including phenoxy) is 2. The molecule has 150 valence electrons. The van der Waals surface area contributed by atoms with Gasteiger partial charge < -0.3 is 14.4 Å². The lowest BCUT2D eigenvalue weighted by Gasteiger charge is -2.12. The molecule has 0 aliphatic rings. The number of aryl methyl sites for hydroxylation is 2. The van der Waals surface area contributed by atoms with E-state index in [1.807, 2.05) is 38.8 Å². The van der Waals surface area contributed by atoms with Crippen LogP contribution < -0.4 is 4.74 Å². The lowest BCUT2D eigenvalue weighted by Crippen LogP contribution is -2.14. The molecule has 0 heterocycles. The van der Waals surface area contributed by atoms with E-state index >= 15 is 0 Å². The highest BCUT2D eigenvalue weighted by Crippen LogP contribution is 2.24. The SMILES string of the molecule is CCN(C)C=Nc1cc(C)c(C(=O)OCc2ccc(OC(F)F)cc2)cc1C. The summed E-state index contributed by atoms with van der Waals surface area (Å²) in [4.78, 5) is 18.8. The van der Waals surface area contributed by atoms with Crippen LogP contribution in [0.1, 0.15) is 34.0 Å². The van der Waals surface area contributed by atoms with Crippen LogP contribution in [0.25, 0.3) is 0 Å². The lowest BCUT2D eigenvalue weighted by atomic mass is 10.0. The molecule has 0 aliphatic heterocycles. The van der Waals surface area contributed by atoms with Crippen LogP contribution >= 0.6 is 0 Å². The van der Waals surface area contributed by atoms with E-state index < -0.39 is 12.6 Å². The molecule has 2 aromatic carbocycles. The van der Waals surface area contributed by atoms with E-state index in [1.165, 1.54) is 12.1 Å². The minimum Gasteiger partial charge on any atom is -0.457 e. The van der Waals surface area contributed by atoms with Crippen molar-refractivity contribution in [2.24, 2.45) is 4.99 Å². The molecule has 2 rings (SSSR count). The normalized spacial score (nSPS) is 11.1. The van der Waals surface area contributed by atoms with Gasteiger partial charge in [-0.25, -0.2) is 9.79 Å². The topological polar surface area (TPSA) is 51.1 Å². The van der Waals surface area contributed by atoms with Crippen molar-refractivity contribution in [3.8, 4) is 5.75 Å². The summed E-state index contributed by atoms with van der Waals surface area (Å²) in [5.41, 5.74) is 3.57. The lowest BCUT2D eigenvalue weighted by molar-refractivity contribution is -0.0498. The number of aliphatic imine (C=N–C) groups is 1. The van der Waals surface area contributed by atoms with Gasteiger partial charge in [-0.1, -0.05) is 12.1 Å². The van der Waals surface area contributed by atoms with Crippen molar-refractivity contribution in [1.82, 2.24) is 4.90 Å². The van der Waals surface area contributed by atoms with Crippen LogP contribution in [0.15, 0.2) is 41.4 Å². The van der Waals surface area contributed by atoms with E-state index in [0.717, 1.165) is 23.4 Å². The standard InChI is InChI=1S/C21H24F2N2O3/c1-5-25(4)13-24-19-11-14(2)18(10-15(19)3)20(26)27-12-16-6-8-17(9-7-16)28-21(22)23/h6-11,13,21H,5,12H2,1-4H3. The summed E-state index contributed by atoms with van der Waals surface area (Å²) in [7, 11) is 1.93. The summed E-state index contributed by atoms with van der Waals surface area (Å²) in [6.07, 6.45) is 1.75. The Hall–Kier alpha value is -2.96. The van der Waals surface area contributed by atoms with Crippen molar-refractivity contribution in [2.75, 3.05) is 13.6 Å². The number of halogens is 2. The number of benzene rings is 2. The van der Waals surface area contributed by atoms with Crippen LogP contribution in [0, 0.1) is 13.8 Å². The van der Waals surface area contributed by atoms with Crippen LogP contribution in [0.2, 0.25) is 0 Å². The first-order chi connectivity index (χ1) is 13.3. The van der Waals surface area contributed by atoms with E-state index in [0.29, 0.717) is 11.1 Å². The van der Waals surface area contributed by atoms with Crippen LogP contribution in [-0.2, 0) is 11.3 Å². The highest BCUT2D eigenvalue weighted by Gasteiger charge is 2.13. The van der Waals surface area contributed by atoms with E-state index in [9.17, 15) is 13.6 Å². The third-order valence-electron chi connectivity index (χ3n) is 4.17. The van der Waals surface area contributed by atoms with E-state index in [-0.39, 0.29) is 12.4 Å². The fourth-order valence-electron chi connectivity index (χ4n) is 2.40. The van der Waals surface area contributed by atoms with Crippen molar-refractivity contribution < 1.29 is 23.0 Å². The monoisotopic (exact) mass is 390 g/mol. The third kappa shape index (κ3) is 6.04. The van der Waals surface area contributed by atoms with Gasteiger partial charge in [0.25, 0.3) is 0 Å². The Morgan fingerprint density at radius 2 is 1.86 bits per heavy atom. The van der Waals surface area contributed by atoms with Crippen LogP contribution in [0.4, 0.5) is 14.5 Å². The molecule has 0 aromatic heterocycles. The van der Waals surface area contributed by atoms with Crippen molar-refractivity contribution in [1.29, 1.82) is 0 Å². The second-order valence-electron chi connectivity index (χ2n) is 6.37. The number of hydrogen-bond acceptors (Lipinski definition) is 4. The van der Waals surface area contributed by atoms with Crippen LogP contribution in [-0.4, -0.2) is 37.4 Å². The van der Waals surface area contributed by atoms with Gasteiger partial charge in [-0.05, 0) is 61.7 Å². The highest BCUT2D eigenvalue weighted by atomic mass is 19.3. The van der Waals surface area contributed by atoms with Crippen LogP contribution in [0.3, 0.4) is 0 Å². The second kappa shape index (κ2) is 9.82. The van der Waals surface area contributed by atoms with Crippen molar-refractivity contribution >= 4 is 18.0 Å². The van der Waals surface area contributed by atoms with Crippen molar-refractivity contribution in [3.63, 3.8) is 0 Å². The molecule has 0 unspecified atom stereocenters. The van der Waals surface area contributed by atoms with E-state index in [4.69, 9.17) is 4.74 Å². The van der Waals surface area contributed by atoms with Gasteiger partial charge in [-0.3, -0.25) is 0 Å². The largest absolute Gasteiger partial charge is 0.457 e. The Kier molecular flexibility index (Phi) is 7.49. The Bertz CT molecular complexity index is 836. The van der Waals surface area contributed by atoms with Gasteiger partial charge in [-0.2, -0.15) is 8.78 Å². The van der Waals surface area contributed by atoms with E-state index in [2.05, 4.69) is 9.73 Å². The second-order valence-corrected chi connectivity index (χ2v) is 6.37. The van der Waals surface area contributed by atoms with Gasteiger partial charge in [0, 0.05) is 13.6 Å². The highest BCUT2D eigenvalue weighted by molar-refractivity contribution is 5.92. The summed E-state index contributed by atoms with van der Waals surface area (Å²) in [6, 6.07) is 9.57. The number of nitrogens with zero attached hydrogens (tertiary/aromatic N) is 2. The average Bonchev–Trinajstić information content (AvgIpc) is 2.66. The molecule has 0 atom stereocenters. The average molecular weight is 390 g/mol. The third-order valence-corrected chi connectivity index (χ3v) is 4.17. The summed E-state index contributed by atoms with van der Waals surface area (Å²) < 4.78 is 34.0. The first-order valence-corrected chi connectivity index (χ1v) is 8.86. The molecule has 0 radical (unpaired) electrons. The van der Waals surface area contributed by atoms with E-state index in [1.54, 1.807) is 24.5 Å². The first-order valence-electron chi connectivity index (χ1n) is 8.86. The van der Waals surface area contributed by atoms with Crippen LogP contribution in [0.5, 0.6) is 5.75 Å². The zero-order valence-electron chi connectivity index (χ0n) is 16.4. The van der Waals surface area contributed by atoms with Gasteiger partial charge in [0.15, 0.2) is 0 Å². The smallest absolute Gasteiger partial charge is 0.387 e. The minimum absolute atomic E-state index is 0.0352. The number of esters is 1. The Labute approximate surface area is 163 Å². The Morgan fingerprint density at radius 3 is 2.46 bits per heavy atom. The zero-order valence-corrected chi connectivity index (χ0v) is 16.4. The van der Waals surface area contributed by atoms with Gasteiger partial charge in [0.2, 0.25) is 0 Å². The quantitative estimate of drug-likeness (QED) is 0.366. The number of hydrogen-bond donors (Lipinski definition) is 0. The molecule has 0 saturated heterocycles. The number of carbonyl (C=O) groups excluding carboxylic acids is 1. The number of alkyl halides is 2. The molecule has 0 N–H and O–H groups in total. The van der Waals surface area contributed by atoms with Crippen molar-refractivity contribution in [2.45, 2.75) is 34.0 Å². The molecule has 0 bridgehead atoms. The molecule has 0 spiro atoms. The minimum atomic E-state index is -2.87. The summed E-state index contributed by atoms with van der Waals surface area (Å²) in [5.74, 6) is -0.392. The fourth-order valence-corrected chi connectivity index (χ4v) is 2.40. The number of carbonyl (C=O) groups is 1. The molecule has 7 heteroatoms. The van der Waals surface area contributed by atoms with Gasteiger partial charge in [0.1, 0.15) is 12.4 Å². The number of rotatable bonds is 8. The molecule has 5 nitrogen and oxygen atoms in total. The van der Waals surface area contributed by atoms with Gasteiger partial charge in [-0.15, -0.1) is 0 Å². The molecule has 28 heavy (non-hydrogen) atoms. The van der Waals surface area contributed by atoms with Crippen molar-refractivity contribution in [3.05, 3.63) is 58.7 Å².